The van der Waals surface area contributed by atoms with Gasteiger partial charge in [-0.2, -0.15) is 4.98 Å². The van der Waals surface area contributed by atoms with Crippen LogP contribution < -0.4 is 5.32 Å². The fourth-order valence-corrected chi connectivity index (χ4v) is 6.49. The third-order valence-electron chi connectivity index (χ3n) is 6.78. The zero-order chi connectivity index (χ0) is 26.6. The van der Waals surface area contributed by atoms with Crippen molar-refractivity contribution in [3.05, 3.63) is 36.2 Å². The molecule has 2 aromatic rings. The molecule has 12 heteroatoms. The molecular formula is C25H32N4O7S. The summed E-state index contributed by atoms with van der Waals surface area (Å²) in [6, 6.07) is 7.98. The van der Waals surface area contributed by atoms with Crippen molar-refractivity contribution in [3.8, 4) is 11.4 Å². The molecule has 0 bridgehead atoms. The van der Waals surface area contributed by atoms with Gasteiger partial charge < -0.3 is 19.5 Å². The molecule has 200 valence electrons. The molecule has 1 aliphatic heterocycles. The van der Waals surface area contributed by atoms with E-state index in [1.807, 2.05) is 6.07 Å². The summed E-state index contributed by atoms with van der Waals surface area (Å²) < 4.78 is 35.9. The molecule has 2 fully saturated rings. The number of sulfone groups is 1. The minimum atomic E-state index is -3.65. The zero-order valence-corrected chi connectivity index (χ0v) is 21.8. The van der Waals surface area contributed by atoms with Crippen LogP contribution in [0.5, 0.6) is 0 Å². The van der Waals surface area contributed by atoms with Crippen LogP contribution in [0.3, 0.4) is 0 Å². The third-order valence-corrected chi connectivity index (χ3v) is 8.48. The van der Waals surface area contributed by atoms with Crippen LogP contribution in [0.25, 0.3) is 11.4 Å². The molecule has 1 aliphatic carbocycles. The van der Waals surface area contributed by atoms with Crippen LogP contribution in [0.4, 0.5) is 0 Å². The van der Waals surface area contributed by atoms with Gasteiger partial charge in [-0.05, 0) is 25.2 Å². The molecule has 1 saturated carbocycles. The number of benzene rings is 1. The second-order valence-electron chi connectivity index (χ2n) is 9.56. The van der Waals surface area contributed by atoms with Crippen molar-refractivity contribution in [3.63, 3.8) is 0 Å². The number of aromatic nitrogens is 2. The highest BCUT2D eigenvalue weighted by Crippen LogP contribution is 2.41. The fraction of sp³-hybridized carbons (Fsp3) is 0.560. The first kappa shape index (κ1) is 26.9. The van der Waals surface area contributed by atoms with Crippen molar-refractivity contribution < 1.29 is 32.1 Å². The molecule has 2 aliphatic rings. The first-order valence-corrected chi connectivity index (χ1v) is 14.4. The largest absolute Gasteiger partial charge is 0.378 e. The number of hydrogen-bond donors (Lipinski definition) is 1. The number of morpholine rings is 1. The SMILES string of the molecule is CC[C@H](NC(=O)C(CC(=O)N1CCOCC1)C(C1CC1)S(C)(=O)=O)C(=O)c1nc(-c2ccccc2)no1. The monoisotopic (exact) mass is 532 g/mol. The number of hydrogen-bond acceptors (Lipinski definition) is 9. The number of ether oxygens (including phenoxy) is 1. The van der Waals surface area contributed by atoms with Gasteiger partial charge >= 0.3 is 0 Å². The van der Waals surface area contributed by atoms with Gasteiger partial charge in [-0.15, -0.1) is 0 Å². The number of carbonyl (C=O) groups is 3. The summed E-state index contributed by atoms with van der Waals surface area (Å²) in [5.41, 5.74) is 0.671. The first-order chi connectivity index (χ1) is 17.7. The van der Waals surface area contributed by atoms with Gasteiger partial charge in [0.05, 0.1) is 30.4 Å². The maximum Gasteiger partial charge on any atom is 0.296 e. The van der Waals surface area contributed by atoms with E-state index < -0.39 is 38.7 Å². The van der Waals surface area contributed by atoms with Crippen LogP contribution in [0.2, 0.25) is 0 Å². The smallest absolute Gasteiger partial charge is 0.296 e. The van der Waals surface area contributed by atoms with E-state index >= 15 is 0 Å². The maximum atomic E-state index is 13.5. The summed E-state index contributed by atoms with van der Waals surface area (Å²) in [6.07, 6.45) is 2.40. The molecule has 4 rings (SSSR count). The highest BCUT2D eigenvalue weighted by Gasteiger charge is 2.47. The number of carbonyl (C=O) groups excluding carboxylic acids is 3. The lowest BCUT2D eigenvalue weighted by atomic mass is 9.94. The average molecular weight is 533 g/mol. The van der Waals surface area contributed by atoms with Crippen molar-refractivity contribution in [1.82, 2.24) is 20.4 Å². The second-order valence-corrected chi connectivity index (χ2v) is 11.8. The number of nitrogens with zero attached hydrogens (tertiary/aromatic N) is 3. The first-order valence-electron chi connectivity index (χ1n) is 12.5. The van der Waals surface area contributed by atoms with Crippen molar-refractivity contribution in [2.45, 2.75) is 43.9 Å². The topological polar surface area (TPSA) is 149 Å². The number of Topliss-reactive ketones (excluding diaryl/α,β-unsaturated/α-hetero) is 1. The predicted molar refractivity (Wildman–Crippen MR) is 133 cm³/mol. The fourth-order valence-electron chi connectivity index (χ4n) is 4.70. The van der Waals surface area contributed by atoms with E-state index in [0.29, 0.717) is 44.7 Å². The summed E-state index contributed by atoms with van der Waals surface area (Å²) in [5.74, 6) is -2.86. The molecular weight excluding hydrogens is 500 g/mol. The van der Waals surface area contributed by atoms with Gasteiger partial charge in [0.2, 0.25) is 23.4 Å². The molecule has 11 nitrogen and oxygen atoms in total. The Morgan fingerprint density at radius 2 is 1.81 bits per heavy atom. The van der Waals surface area contributed by atoms with Crippen molar-refractivity contribution in [2.75, 3.05) is 32.6 Å². The normalized spacial score (nSPS) is 18.6. The van der Waals surface area contributed by atoms with Gasteiger partial charge in [0, 0.05) is 31.3 Å². The number of ketones is 1. The van der Waals surface area contributed by atoms with E-state index in [9.17, 15) is 22.8 Å². The van der Waals surface area contributed by atoms with Gasteiger partial charge in [0.25, 0.3) is 5.89 Å². The standard InChI is InChI=1S/C25H32N4O7S/c1-3-19(21(31)25-27-23(28-36-25)17-7-5-4-6-8-17)26-24(32)18(22(16-9-10-16)37(2,33)34)15-20(30)29-11-13-35-14-12-29/h4-8,16,18-19,22H,3,9-15H2,1-2H3,(H,26,32)/t18?,19-,22?/m0/s1. The predicted octanol–water partition coefficient (Wildman–Crippen LogP) is 1.50. The number of rotatable bonds is 11. The van der Waals surface area contributed by atoms with Gasteiger partial charge in [-0.1, -0.05) is 42.4 Å². The van der Waals surface area contributed by atoms with Crippen molar-refractivity contribution >= 4 is 27.4 Å². The lowest BCUT2D eigenvalue weighted by molar-refractivity contribution is -0.139. The van der Waals surface area contributed by atoms with E-state index in [2.05, 4.69) is 15.5 Å². The minimum absolute atomic E-state index is 0.191. The Labute approximate surface area is 215 Å². The molecule has 0 spiro atoms. The second kappa shape index (κ2) is 11.5. The molecule has 1 aromatic carbocycles. The van der Waals surface area contributed by atoms with E-state index in [4.69, 9.17) is 9.26 Å². The third kappa shape index (κ3) is 6.61. The maximum absolute atomic E-state index is 13.5. The van der Waals surface area contributed by atoms with Gasteiger partial charge in [-0.25, -0.2) is 8.42 Å². The molecule has 2 amide bonds. The Morgan fingerprint density at radius 1 is 1.14 bits per heavy atom. The average Bonchev–Trinajstić information content (AvgIpc) is 3.59. The Bertz CT molecular complexity index is 1220. The molecule has 2 unspecified atom stereocenters. The highest BCUT2D eigenvalue weighted by atomic mass is 32.2. The molecule has 0 radical (unpaired) electrons. The summed E-state index contributed by atoms with van der Waals surface area (Å²) in [5, 5.41) is 5.54. The van der Waals surface area contributed by atoms with Crippen LogP contribution in [0.15, 0.2) is 34.9 Å². The van der Waals surface area contributed by atoms with E-state index in [0.717, 1.165) is 6.26 Å². The number of amides is 2. The quantitative estimate of drug-likeness (QED) is 0.425. The summed E-state index contributed by atoms with van der Waals surface area (Å²) >= 11 is 0. The lowest BCUT2D eigenvalue weighted by Gasteiger charge is -2.31. The van der Waals surface area contributed by atoms with Crippen molar-refractivity contribution in [2.24, 2.45) is 11.8 Å². The Morgan fingerprint density at radius 3 is 2.41 bits per heavy atom. The van der Waals surface area contributed by atoms with Crippen LogP contribution in [-0.2, 0) is 24.2 Å². The van der Waals surface area contributed by atoms with Crippen molar-refractivity contribution in [1.29, 1.82) is 0 Å². The molecule has 3 atom stereocenters. The molecule has 1 aromatic heterocycles. The summed E-state index contributed by atoms with van der Waals surface area (Å²) in [7, 11) is -3.65. The molecule has 37 heavy (non-hydrogen) atoms. The van der Waals surface area contributed by atoms with Crippen LogP contribution in [-0.4, -0.2) is 84.9 Å². The summed E-state index contributed by atoms with van der Waals surface area (Å²) in [4.78, 5) is 45.5. The lowest BCUT2D eigenvalue weighted by Crippen LogP contribution is -2.50. The number of nitrogens with one attached hydrogen (secondary N) is 1. The van der Waals surface area contributed by atoms with E-state index in [1.54, 1.807) is 36.1 Å². The molecule has 1 N–H and O–H groups in total. The summed E-state index contributed by atoms with van der Waals surface area (Å²) in [6.45, 7) is 3.26. The molecule has 2 heterocycles. The highest BCUT2D eigenvalue weighted by molar-refractivity contribution is 7.91. The Hall–Kier alpha value is -3.12. The van der Waals surface area contributed by atoms with E-state index in [-0.39, 0.29) is 36.4 Å². The van der Waals surface area contributed by atoms with Gasteiger partial charge in [-0.3, -0.25) is 14.4 Å². The van der Waals surface area contributed by atoms with E-state index in [1.165, 1.54) is 0 Å². The molecule has 1 saturated heterocycles. The van der Waals surface area contributed by atoms with Gasteiger partial charge in [0.1, 0.15) is 0 Å². The Kier molecular flexibility index (Phi) is 8.38. The van der Waals surface area contributed by atoms with Crippen LogP contribution >= 0.6 is 0 Å². The minimum Gasteiger partial charge on any atom is -0.378 e. The Balaban J connectivity index is 1.53. The van der Waals surface area contributed by atoms with Crippen LogP contribution in [0.1, 0.15) is 43.3 Å². The van der Waals surface area contributed by atoms with Crippen LogP contribution in [0, 0.1) is 11.8 Å². The zero-order valence-electron chi connectivity index (χ0n) is 21.0. The van der Waals surface area contributed by atoms with Gasteiger partial charge in [0.15, 0.2) is 9.84 Å².